The minimum atomic E-state index is -0.536. The summed E-state index contributed by atoms with van der Waals surface area (Å²) < 4.78 is 0. The van der Waals surface area contributed by atoms with Gasteiger partial charge in [-0.3, -0.25) is 9.59 Å². The SMILES string of the molecule is CC(C)CNC(=O)c1ccccc1NC(=O)c1nc(Cl)ccc1Cl. The lowest BCUT2D eigenvalue weighted by Gasteiger charge is -2.12. The largest absolute Gasteiger partial charge is 0.352 e. The summed E-state index contributed by atoms with van der Waals surface area (Å²) in [5.74, 6) is -0.471. The lowest BCUT2D eigenvalue weighted by atomic mass is 10.1. The van der Waals surface area contributed by atoms with Gasteiger partial charge >= 0.3 is 0 Å². The molecule has 1 heterocycles. The van der Waals surface area contributed by atoms with Crippen LogP contribution in [0, 0.1) is 5.92 Å². The Kier molecular flexibility index (Phi) is 6.17. The van der Waals surface area contributed by atoms with Crippen LogP contribution < -0.4 is 10.6 Å². The van der Waals surface area contributed by atoms with Crippen molar-refractivity contribution < 1.29 is 9.59 Å². The third-order valence-electron chi connectivity index (χ3n) is 3.12. The zero-order valence-electron chi connectivity index (χ0n) is 13.3. The number of amides is 2. The Balaban J connectivity index is 2.22. The second-order valence-electron chi connectivity index (χ2n) is 5.57. The minimum absolute atomic E-state index is 0.00144. The fourth-order valence-electron chi connectivity index (χ4n) is 1.94. The van der Waals surface area contributed by atoms with E-state index in [1.54, 1.807) is 24.3 Å². The number of hydrogen-bond donors (Lipinski definition) is 2. The molecule has 0 radical (unpaired) electrons. The molecule has 0 fully saturated rings. The van der Waals surface area contributed by atoms with E-state index in [0.717, 1.165) is 0 Å². The first kappa shape index (κ1) is 18.2. The van der Waals surface area contributed by atoms with Gasteiger partial charge in [0.2, 0.25) is 0 Å². The number of anilines is 1. The molecule has 2 aromatic rings. The Bertz CT molecular complexity index is 763. The third kappa shape index (κ3) is 4.69. The minimum Gasteiger partial charge on any atom is -0.352 e. The first-order chi connectivity index (χ1) is 11.4. The molecule has 126 valence electrons. The van der Waals surface area contributed by atoms with Crippen LogP contribution in [0.15, 0.2) is 36.4 Å². The number of benzene rings is 1. The van der Waals surface area contributed by atoms with Crippen molar-refractivity contribution in [2.75, 3.05) is 11.9 Å². The smallest absolute Gasteiger partial charge is 0.275 e. The molecule has 0 aliphatic carbocycles. The summed E-state index contributed by atoms with van der Waals surface area (Å²) in [4.78, 5) is 28.6. The summed E-state index contributed by atoms with van der Waals surface area (Å²) in [6.45, 7) is 4.55. The molecule has 24 heavy (non-hydrogen) atoms. The van der Waals surface area contributed by atoms with Crippen molar-refractivity contribution in [3.05, 3.63) is 57.8 Å². The molecule has 5 nitrogen and oxygen atoms in total. The van der Waals surface area contributed by atoms with Gasteiger partial charge in [0.05, 0.1) is 16.3 Å². The maximum atomic E-state index is 12.4. The Hall–Kier alpha value is -2.11. The zero-order chi connectivity index (χ0) is 17.7. The standard InChI is InChI=1S/C17H17Cl2N3O2/c1-10(2)9-20-16(23)11-5-3-4-6-13(11)21-17(24)15-12(18)7-8-14(19)22-15/h3-8,10H,9H2,1-2H3,(H,20,23)(H,21,24). The van der Waals surface area contributed by atoms with Crippen molar-refractivity contribution in [1.82, 2.24) is 10.3 Å². The van der Waals surface area contributed by atoms with Crippen LogP contribution in [0.25, 0.3) is 0 Å². The van der Waals surface area contributed by atoms with E-state index in [1.165, 1.54) is 12.1 Å². The number of pyridine rings is 1. The highest BCUT2D eigenvalue weighted by atomic mass is 35.5. The average Bonchev–Trinajstić information content (AvgIpc) is 2.55. The summed E-state index contributed by atoms with van der Waals surface area (Å²) in [7, 11) is 0. The van der Waals surface area contributed by atoms with Gasteiger partial charge in [-0.25, -0.2) is 4.98 Å². The number of nitrogens with one attached hydrogen (secondary N) is 2. The number of nitrogens with zero attached hydrogens (tertiary/aromatic N) is 1. The van der Waals surface area contributed by atoms with Crippen LogP contribution in [0.3, 0.4) is 0 Å². The van der Waals surface area contributed by atoms with E-state index in [9.17, 15) is 9.59 Å². The number of rotatable bonds is 5. The lowest BCUT2D eigenvalue weighted by molar-refractivity contribution is 0.0950. The molecule has 2 N–H and O–H groups in total. The van der Waals surface area contributed by atoms with E-state index in [2.05, 4.69) is 15.6 Å². The number of para-hydroxylation sites is 1. The van der Waals surface area contributed by atoms with Gasteiger partial charge in [0.1, 0.15) is 10.8 Å². The first-order valence-electron chi connectivity index (χ1n) is 7.39. The second kappa shape index (κ2) is 8.13. The van der Waals surface area contributed by atoms with Crippen LogP contribution in [0.4, 0.5) is 5.69 Å². The van der Waals surface area contributed by atoms with E-state index in [4.69, 9.17) is 23.2 Å². The Morgan fingerprint density at radius 1 is 1.08 bits per heavy atom. The molecule has 0 saturated carbocycles. The maximum absolute atomic E-state index is 12.4. The van der Waals surface area contributed by atoms with Crippen LogP contribution in [0.5, 0.6) is 0 Å². The van der Waals surface area contributed by atoms with Crippen molar-refractivity contribution in [2.45, 2.75) is 13.8 Å². The molecule has 0 atom stereocenters. The molecule has 1 aromatic carbocycles. The second-order valence-corrected chi connectivity index (χ2v) is 6.36. The summed E-state index contributed by atoms with van der Waals surface area (Å²) >= 11 is 11.8. The molecule has 0 aliphatic heterocycles. The summed E-state index contributed by atoms with van der Waals surface area (Å²) in [5.41, 5.74) is 0.743. The quantitative estimate of drug-likeness (QED) is 0.785. The number of aromatic nitrogens is 1. The van der Waals surface area contributed by atoms with Crippen LogP contribution in [-0.2, 0) is 0 Å². The van der Waals surface area contributed by atoms with Gasteiger partial charge in [-0.1, -0.05) is 49.2 Å². The lowest BCUT2D eigenvalue weighted by Crippen LogP contribution is -2.28. The highest BCUT2D eigenvalue weighted by Gasteiger charge is 2.17. The molecule has 0 aliphatic rings. The molecule has 2 amide bonds. The molecular weight excluding hydrogens is 349 g/mol. The van der Waals surface area contributed by atoms with Crippen molar-refractivity contribution >= 4 is 40.7 Å². The van der Waals surface area contributed by atoms with Crippen molar-refractivity contribution in [2.24, 2.45) is 5.92 Å². The van der Waals surface area contributed by atoms with E-state index >= 15 is 0 Å². The van der Waals surface area contributed by atoms with E-state index in [1.807, 2.05) is 13.8 Å². The number of hydrogen-bond acceptors (Lipinski definition) is 3. The molecule has 1 aromatic heterocycles. The van der Waals surface area contributed by atoms with Crippen LogP contribution in [0.1, 0.15) is 34.7 Å². The third-order valence-corrected chi connectivity index (χ3v) is 3.63. The first-order valence-corrected chi connectivity index (χ1v) is 8.14. The van der Waals surface area contributed by atoms with Gasteiger partial charge in [0.15, 0.2) is 0 Å². The Morgan fingerprint density at radius 2 is 1.79 bits per heavy atom. The molecular formula is C17H17Cl2N3O2. The molecule has 0 bridgehead atoms. The Labute approximate surface area is 150 Å². The summed E-state index contributed by atoms with van der Waals surface area (Å²) in [6, 6.07) is 9.71. The maximum Gasteiger partial charge on any atom is 0.275 e. The molecule has 0 spiro atoms. The van der Waals surface area contributed by atoms with Crippen molar-refractivity contribution in [1.29, 1.82) is 0 Å². The predicted octanol–water partition coefficient (Wildman–Crippen LogP) is 4.03. The fraction of sp³-hybridized carbons (Fsp3) is 0.235. The molecule has 0 unspecified atom stereocenters. The monoisotopic (exact) mass is 365 g/mol. The Morgan fingerprint density at radius 3 is 2.50 bits per heavy atom. The number of halogens is 2. The van der Waals surface area contributed by atoms with Gasteiger partial charge in [-0.05, 0) is 30.2 Å². The van der Waals surface area contributed by atoms with Gasteiger partial charge in [-0.2, -0.15) is 0 Å². The van der Waals surface area contributed by atoms with E-state index in [0.29, 0.717) is 23.7 Å². The van der Waals surface area contributed by atoms with Crippen molar-refractivity contribution in [3.8, 4) is 0 Å². The van der Waals surface area contributed by atoms with Crippen LogP contribution in [0.2, 0.25) is 10.2 Å². The normalized spacial score (nSPS) is 10.5. The molecule has 7 heteroatoms. The van der Waals surface area contributed by atoms with Gasteiger partial charge < -0.3 is 10.6 Å². The highest BCUT2D eigenvalue weighted by Crippen LogP contribution is 2.20. The van der Waals surface area contributed by atoms with Crippen LogP contribution >= 0.6 is 23.2 Å². The number of carbonyl (C=O) groups excluding carboxylic acids is 2. The van der Waals surface area contributed by atoms with Gasteiger partial charge in [0, 0.05) is 6.54 Å². The average molecular weight is 366 g/mol. The van der Waals surface area contributed by atoms with E-state index < -0.39 is 5.91 Å². The van der Waals surface area contributed by atoms with Crippen LogP contribution in [-0.4, -0.2) is 23.3 Å². The molecule has 2 rings (SSSR count). The van der Waals surface area contributed by atoms with E-state index in [-0.39, 0.29) is 21.8 Å². The van der Waals surface area contributed by atoms with Gasteiger partial charge in [0.25, 0.3) is 11.8 Å². The summed E-state index contributed by atoms with van der Waals surface area (Å²) in [5, 5.41) is 5.82. The topological polar surface area (TPSA) is 71.1 Å². The predicted molar refractivity (Wildman–Crippen MR) is 95.8 cm³/mol. The zero-order valence-corrected chi connectivity index (χ0v) is 14.8. The fourth-order valence-corrected chi connectivity index (χ4v) is 2.28. The number of carbonyl (C=O) groups is 2. The van der Waals surface area contributed by atoms with Gasteiger partial charge in [-0.15, -0.1) is 0 Å². The summed E-state index contributed by atoms with van der Waals surface area (Å²) in [6.07, 6.45) is 0. The van der Waals surface area contributed by atoms with Crippen molar-refractivity contribution in [3.63, 3.8) is 0 Å². The highest BCUT2D eigenvalue weighted by molar-refractivity contribution is 6.35. The molecule has 0 saturated heterocycles.